The Bertz CT molecular complexity index is 1060. The molecule has 0 unspecified atom stereocenters. The predicted octanol–water partition coefficient (Wildman–Crippen LogP) is 9.72. The van der Waals surface area contributed by atoms with Crippen LogP contribution in [0.1, 0.15) is 83.1 Å². The maximum absolute atomic E-state index is 8.35. The van der Waals surface area contributed by atoms with Gasteiger partial charge in [0.15, 0.2) is 0 Å². The molecule has 0 saturated heterocycles. The zero-order chi connectivity index (χ0) is 30.8. The first-order valence-corrected chi connectivity index (χ1v) is 21.4. The Labute approximate surface area is 262 Å². The summed E-state index contributed by atoms with van der Waals surface area (Å²) in [4.78, 5) is 0. The molecule has 0 amide bonds. The van der Waals surface area contributed by atoms with Crippen LogP contribution in [0.2, 0.25) is 5.67 Å². The lowest BCUT2D eigenvalue weighted by Gasteiger charge is -2.49. The van der Waals surface area contributed by atoms with Crippen LogP contribution in [0, 0.1) is 21.7 Å². The van der Waals surface area contributed by atoms with Gasteiger partial charge in [-0.15, -0.1) is 22.2 Å². The highest BCUT2D eigenvalue weighted by Gasteiger charge is 2.64. The van der Waals surface area contributed by atoms with Gasteiger partial charge in [-0.2, -0.15) is 0 Å². The fourth-order valence-electron chi connectivity index (χ4n) is 6.26. The van der Waals surface area contributed by atoms with Crippen molar-refractivity contribution < 1.29 is 0 Å². The Kier molecular flexibility index (Phi) is 8.48. The van der Waals surface area contributed by atoms with E-state index in [4.69, 9.17) is 22.2 Å². The van der Waals surface area contributed by atoms with Gasteiger partial charge < -0.3 is 18.3 Å². The molecule has 4 rings (SSSR count). The predicted molar refractivity (Wildman–Crippen MR) is 188 cm³/mol. The highest BCUT2D eigenvalue weighted by atomic mass is 35.6. The summed E-state index contributed by atoms with van der Waals surface area (Å²) in [6, 6.07) is 17.8. The SMILES string of the molecule is CC(C)(C)CN1c2ccccc2N(CC(C)(C)C)[Si]1(Cl)C[Si]1(Cl)N(CC(C)(C)C)c2ccccc2N1CC(C)(C)C. The van der Waals surface area contributed by atoms with Crippen LogP contribution in [0.25, 0.3) is 0 Å². The lowest BCUT2D eigenvalue weighted by atomic mass is 9.96. The van der Waals surface area contributed by atoms with Gasteiger partial charge in [-0.3, -0.25) is 0 Å². The van der Waals surface area contributed by atoms with Crippen LogP contribution in [0.3, 0.4) is 0 Å². The lowest BCUT2D eigenvalue weighted by Crippen LogP contribution is -2.71. The van der Waals surface area contributed by atoms with Crippen LogP contribution in [-0.2, 0) is 0 Å². The van der Waals surface area contributed by atoms with Gasteiger partial charge in [0.1, 0.15) is 0 Å². The highest BCUT2D eigenvalue weighted by molar-refractivity contribution is 7.37. The molecule has 8 heteroatoms. The minimum atomic E-state index is -2.89. The molecule has 2 aliphatic rings. The van der Waals surface area contributed by atoms with Crippen molar-refractivity contribution in [2.24, 2.45) is 21.7 Å². The second-order valence-corrected chi connectivity index (χ2v) is 27.3. The van der Waals surface area contributed by atoms with Gasteiger partial charge in [-0.1, -0.05) is 107 Å². The van der Waals surface area contributed by atoms with Gasteiger partial charge in [0.2, 0.25) is 0 Å². The molecule has 0 atom stereocenters. The Morgan fingerprint density at radius 3 is 0.805 bits per heavy atom. The third kappa shape index (κ3) is 6.92. The van der Waals surface area contributed by atoms with E-state index in [1.807, 2.05) is 0 Å². The number of hydrogen-bond donors (Lipinski definition) is 0. The van der Waals surface area contributed by atoms with E-state index < -0.39 is 15.4 Å². The molecule has 0 aromatic heterocycles. The normalized spacial score (nSPS) is 18.7. The number of benzene rings is 2. The summed E-state index contributed by atoms with van der Waals surface area (Å²) in [5.74, 6) is 0. The maximum Gasteiger partial charge on any atom is 0.368 e. The number of anilines is 4. The third-order valence-corrected chi connectivity index (χ3v) is 20.9. The molecule has 2 heterocycles. The molecular formula is C33H54Cl2N4Si2. The van der Waals surface area contributed by atoms with Crippen molar-refractivity contribution >= 4 is 60.3 Å². The van der Waals surface area contributed by atoms with Crippen molar-refractivity contribution in [2.75, 3.05) is 44.4 Å². The summed E-state index contributed by atoms with van der Waals surface area (Å²) in [5, 5.41) is 0. The fraction of sp³-hybridized carbons (Fsp3) is 0.636. The van der Waals surface area contributed by atoms with Gasteiger partial charge in [0.25, 0.3) is 0 Å². The van der Waals surface area contributed by atoms with E-state index in [1.165, 1.54) is 22.7 Å². The summed E-state index contributed by atoms with van der Waals surface area (Å²) in [5.41, 5.74) is 6.17. The Morgan fingerprint density at radius 2 is 0.634 bits per heavy atom. The van der Waals surface area contributed by atoms with Gasteiger partial charge in [-0.05, 0) is 45.9 Å². The monoisotopic (exact) mass is 632 g/mol. The van der Waals surface area contributed by atoms with E-state index in [0.717, 1.165) is 31.8 Å². The summed E-state index contributed by atoms with van der Waals surface area (Å²) < 4.78 is 10.4. The molecule has 0 saturated carbocycles. The smallest absolute Gasteiger partial charge is 0.367 e. The van der Waals surface area contributed by atoms with Gasteiger partial charge in [-0.25, -0.2) is 0 Å². The number of rotatable bonds is 6. The molecule has 0 aliphatic carbocycles. The molecule has 2 aromatic rings. The zero-order valence-electron chi connectivity index (χ0n) is 27.7. The van der Waals surface area contributed by atoms with Crippen molar-refractivity contribution in [3.05, 3.63) is 48.5 Å². The Balaban J connectivity index is 1.94. The Morgan fingerprint density at radius 1 is 0.439 bits per heavy atom. The van der Waals surface area contributed by atoms with Crippen LogP contribution in [0.5, 0.6) is 0 Å². The number of hydrogen-bond acceptors (Lipinski definition) is 4. The Hall–Kier alpha value is -1.35. The van der Waals surface area contributed by atoms with Crippen LogP contribution in [0.15, 0.2) is 48.5 Å². The van der Waals surface area contributed by atoms with Crippen molar-refractivity contribution in [1.29, 1.82) is 0 Å². The molecule has 0 radical (unpaired) electrons. The van der Waals surface area contributed by atoms with Crippen LogP contribution in [0.4, 0.5) is 22.7 Å². The van der Waals surface area contributed by atoms with Crippen LogP contribution >= 0.6 is 22.2 Å². The van der Waals surface area contributed by atoms with Crippen molar-refractivity contribution in [3.63, 3.8) is 0 Å². The van der Waals surface area contributed by atoms with E-state index in [9.17, 15) is 0 Å². The van der Waals surface area contributed by atoms with Gasteiger partial charge in [0, 0.05) is 31.8 Å². The van der Waals surface area contributed by atoms with E-state index in [-0.39, 0.29) is 21.7 Å². The van der Waals surface area contributed by atoms with Crippen molar-refractivity contribution in [1.82, 2.24) is 0 Å². The lowest BCUT2D eigenvalue weighted by molar-refractivity contribution is 0.422. The molecule has 0 bridgehead atoms. The van der Waals surface area contributed by atoms with Crippen molar-refractivity contribution in [2.45, 2.75) is 88.8 Å². The average molecular weight is 634 g/mol. The number of para-hydroxylation sites is 4. The first-order valence-electron chi connectivity index (χ1n) is 15.2. The molecule has 4 nitrogen and oxygen atoms in total. The van der Waals surface area contributed by atoms with E-state index in [1.54, 1.807) is 0 Å². The second-order valence-electron chi connectivity index (χ2n) is 17.2. The zero-order valence-corrected chi connectivity index (χ0v) is 31.2. The number of fused-ring (bicyclic) bond motifs is 2. The number of halogens is 2. The maximum atomic E-state index is 8.35. The summed E-state index contributed by atoms with van der Waals surface area (Å²) in [6.45, 7) is 31.5. The molecular weight excluding hydrogens is 579 g/mol. The van der Waals surface area contributed by atoms with Gasteiger partial charge in [0.05, 0.1) is 22.7 Å². The molecule has 2 aliphatic heterocycles. The molecule has 228 valence electrons. The van der Waals surface area contributed by atoms with Crippen LogP contribution < -0.4 is 18.3 Å². The minimum Gasteiger partial charge on any atom is -0.367 e. The first-order chi connectivity index (χ1) is 18.5. The topological polar surface area (TPSA) is 13.0 Å². The van der Waals surface area contributed by atoms with Crippen molar-refractivity contribution in [3.8, 4) is 0 Å². The quantitative estimate of drug-likeness (QED) is 0.232. The summed E-state index contributed by atoms with van der Waals surface area (Å²) >= 11 is 16.7. The van der Waals surface area contributed by atoms with E-state index in [0.29, 0.717) is 0 Å². The highest BCUT2D eigenvalue weighted by Crippen LogP contribution is 2.55. The number of nitrogens with zero attached hydrogens (tertiary/aromatic N) is 4. The molecule has 0 spiro atoms. The summed E-state index contributed by atoms with van der Waals surface area (Å²) in [6.07, 6.45) is 0. The molecule has 0 fully saturated rings. The molecule has 2 aromatic carbocycles. The average Bonchev–Trinajstić information content (AvgIpc) is 3.12. The second kappa shape index (κ2) is 10.7. The fourth-order valence-corrected chi connectivity index (χ4v) is 23.1. The minimum absolute atomic E-state index is 0.0772. The summed E-state index contributed by atoms with van der Waals surface area (Å²) in [7, 11) is -5.79. The van der Waals surface area contributed by atoms with Gasteiger partial charge >= 0.3 is 15.4 Å². The first kappa shape index (κ1) is 32.6. The third-order valence-electron chi connectivity index (χ3n) is 7.56. The van der Waals surface area contributed by atoms with Crippen LogP contribution in [-0.4, -0.2) is 41.6 Å². The van der Waals surface area contributed by atoms with E-state index >= 15 is 0 Å². The van der Waals surface area contributed by atoms with E-state index in [2.05, 4.69) is 150 Å². The molecule has 41 heavy (non-hydrogen) atoms. The largest absolute Gasteiger partial charge is 0.368 e. The molecule has 0 N–H and O–H groups in total. The standard InChI is InChI=1S/C33H54Cl2N4Si2/c1-30(2,3)21-36-26-17-13-14-18-27(26)37(22-31(4,5)6)40(36,34)25-41(35)38(23-32(7,8)9)28-19-15-16-20-29(28)39(41)24-33(10,11)12/h13-20H,21-25H2,1-12H3.